The number of hydrogen-bond acceptors (Lipinski definition) is 6. The highest BCUT2D eigenvalue weighted by atomic mass is 15.3. The second kappa shape index (κ2) is 11.4. The molecule has 1 saturated heterocycles. The summed E-state index contributed by atoms with van der Waals surface area (Å²) in [6.07, 6.45) is 11.0. The number of pyridine rings is 3. The summed E-state index contributed by atoms with van der Waals surface area (Å²) in [5.74, 6) is 1.23. The van der Waals surface area contributed by atoms with Crippen LogP contribution in [0.1, 0.15) is 35.5 Å². The number of hydrogen-bond donors (Lipinski definition) is 1. The van der Waals surface area contributed by atoms with Gasteiger partial charge in [-0.2, -0.15) is 0 Å². The molecule has 182 valence electrons. The molecule has 1 N–H and O–H groups in total. The van der Waals surface area contributed by atoms with E-state index in [1.54, 1.807) is 0 Å². The Labute approximate surface area is 207 Å². The number of anilines is 1. The molecule has 1 fully saturated rings. The molecule has 6 rings (SSSR count). The molecule has 1 aliphatic heterocycles. The van der Waals surface area contributed by atoms with Crippen LogP contribution in [0.25, 0.3) is 5.65 Å². The monoisotopic (exact) mass is 469 g/mol. The lowest BCUT2D eigenvalue weighted by Gasteiger charge is -2.34. The molecule has 5 heterocycles. The lowest BCUT2D eigenvalue weighted by Crippen LogP contribution is -2.45. The smallest absolute Gasteiger partial charge is 0.138 e. The van der Waals surface area contributed by atoms with E-state index in [-0.39, 0.29) is 0 Å². The van der Waals surface area contributed by atoms with Crippen molar-refractivity contribution in [1.29, 1.82) is 0 Å². The molecule has 4 aromatic heterocycles. The minimum Gasteiger partial charge on any atom is -0.355 e. The molecule has 0 unspecified atom stereocenters. The van der Waals surface area contributed by atoms with Gasteiger partial charge in [0.1, 0.15) is 11.5 Å². The summed E-state index contributed by atoms with van der Waals surface area (Å²) in [6.45, 7) is 5.80. The van der Waals surface area contributed by atoms with Crippen LogP contribution in [0.15, 0.2) is 67.1 Å². The quantitative estimate of drug-likeness (QED) is 0.481. The van der Waals surface area contributed by atoms with E-state index in [1.807, 2.05) is 36.7 Å². The van der Waals surface area contributed by atoms with Gasteiger partial charge in [-0.1, -0.05) is 18.2 Å². The van der Waals surface area contributed by atoms with Gasteiger partial charge in [0.05, 0.1) is 11.4 Å². The predicted octanol–water partition coefficient (Wildman–Crippen LogP) is 3.73. The third-order valence-electron chi connectivity index (χ3n) is 6.78. The summed E-state index contributed by atoms with van der Waals surface area (Å²) in [5.41, 5.74) is 5.90. The number of fused-ring (bicyclic) bond motifs is 2. The Bertz CT molecular complexity index is 1190. The van der Waals surface area contributed by atoms with E-state index >= 15 is 0 Å². The molecule has 0 amide bonds. The van der Waals surface area contributed by atoms with E-state index in [9.17, 15) is 0 Å². The highest BCUT2D eigenvalue weighted by molar-refractivity contribution is 5.52. The van der Waals surface area contributed by atoms with Gasteiger partial charge < -0.3 is 15.1 Å². The average Bonchev–Trinajstić information content (AvgIpc) is 3.33. The predicted molar refractivity (Wildman–Crippen MR) is 141 cm³/mol. The minimum atomic E-state index is 0.737. The third-order valence-corrected chi connectivity index (χ3v) is 6.78. The number of nitrogens with zero attached hydrogens (tertiary/aromatic N) is 6. The van der Waals surface area contributed by atoms with Gasteiger partial charge in [-0.05, 0) is 68.6 Å². The lowest BCUT2D eigenvalue weighted by molar-refractivity contribution is 0.312. The van der Waals surface area contributed by atoms with Gasteiger partial charge in [0.2, 0.25) is 0 Å². The largest absolute Gasteiger partial charge is 0.355 e. The van der Waals surface area contributed by atoms with Gasteiger partial charge in [0.25, 0.3) is 0 Å². The van der Waals surface area contributed by atoms with Gasteiger partial charge in [-0.15, -0.1) is 0 Å². The van der Waals surface area contributed by atoms with Crippen LogP contribution in [0.5, 0.6) is 0 Å². The van der Waals surface area contributed by atoms with E-state index in [4.69, 9.17) is 4.98 Å². The van der Waals surface area contributed by atoms with E-state index in [0.717, 1.165) is 56.3 Å². The minimum absolute atomic E-state index is 0.737. The number of aryl methyl sites for hydroxylation is 2. The van der Waals surface area contributed by atoms with Crippen molar-refractivity contribution in [2.75, 3.05) is 38.1 Å². The summed E-state index contributed by atoms with van der Waals surface area (Å²) in [4.78, 5) is 18.2. The Kier molecular flexibility index (Phi) is 7.66. The van der Waals surface area contributed by atoms with Crippen molar-refractivity contribution in [3.8, 4) is 0 Å². The number of rotatable bonds is 5. The fourth-order valence-corrected chi connectivity index (χ4v) is 4.78. The molecule has 35 heavy (non-hydrogen) atoms. The maximum absolute atomic E-state index is 4.76. The van der Waals surface area contributed by atoms with Crippen molar-refractivity contribution in [3.05, 3.63) is 89.8 Å². The molecular weight excluding hydrogens is 434 g/mol. The van der Waals surface area contributed by atoms with Gasteiger partial charge in [-0.25, -0.2) is 4.98 Å². The normalized spacial score (nSPS) is 16.0. The van der Waals surface area contributed by atoms with Crippen LogP contribution in [0.4, 0.5) is 5.82 Å². The lowest BCUT2D eigenvalue weighted by atomic mass is 9.96. The van der Waals surface area contributed by atoms with Crippen LogP contribution in [-0.4, -0.2) is 57.5 Å². The van der Waals surface area contributed by atoms with Gasteiger partial charge >= 0.3 is 0 Å². The van der Waals surface area contributed by atoms with Gasteiger partial charge in [0, 0.05) is 63.6 Å². The SMILES string of the molecule is CN1CCN(c2cccc3nc(CNCc4ccccn4)cn23)CC1.c1cnc2c(c1)CCCC2. The van der Waals surface area contributed by atoms with Crippen molar-refractivity contribution < 1.29 is 0 Å². The number of nitrogens with one attached hydrogen (secondary N) is 1. The molecule has 0 spiro atoms. The molecule has 0 aromatic carbocycles. The molecule has 0 radical (unpaired) electrons. The first-order valence-electron chi connectivity index (χ1n) is 12.7. The van der Waals surface area contributed by atoms with Crippen molar-refractivity contribution in [3.63, 3.8) is 0 Å². The van der Waals surface area contributed by atoms with Crippen molar-refractivity contribution in [2.24, 2.45) is 0 Å². The summed E-state index contributed by atoms with van der Waals surface area (Å²) in [6, 6.07) is 16.6. The zero-order valence-electron chi connectivity index (χ0n) is 20.6. The van der Waals surface area contributed by atoms with Crippen LogP contribution in [0, 0.1) is 0 Å². The highest BCUT2D eigenvalue weighted by Crippen LogP contribution is 2.20. The summed E-state index contributed by atoms with van der Waals surface area (Å²) in [7, 11) is 2.18. The fourth-order valence-electron chi connectivity index (χ4n) is 4.78. The first-order valence-corrected chi connectivity index (χ1v) is 12.7. The van der Waals surface area contributed by atoms with Crippen LogP contribution >= 0.6 is 0 Å². The van der Waals surface area contributed by atoms with E-state index < -0.39 is 0 Å². The Morgan fingerprint density at radius 1 is 0.800 bits per heavy atom. The molecule has 4 aromatic rings. The van der Waals surface area contributed by atoms with Crippen LogP contribution in [-0.2, 0) is 25.9 Å². The van der Waals surface area contributed by atoms with Crippen molar-refractivity contribution in [1.82, 2.24) is 29.6 Å². The maximum atomic E-state index is 4.76. The van der Waals surface area contributed by atoms with E-state index in [2.05, 4.69) is 67.0 Å². The van der Waals surface area contributed by atoms with Gasteiger partial charge in [-0.3, -0.25) is 14.4 Å². The zero-order chi connectivity index (χ0) is 23.9. The van der Waals surface area contributed by atoms with Crippen LogP contribution < -0.4 is 10.2 Å². The Balaban J connectivity index is 0.000000211. The fraction of sp³-hybridized carbons (Fsp3) is 0.393. The van der Waals surface area contributed by atoms with Crippen LogP contribution in [0.3, 0.4) is 0 Å². The highest BCUT2D eigenvalue weighted by Gasteiger charge is 2.17. The number of likely N-dealkylation sites (N-methyl/N-ethyl adjacent to an activating group) is 1. The van der Waals surface area contributed by atoms with Gasteiger partial charge in [0.15, 0.2) is 0 Å². The number of imidazole rings is 1. The molecular formula is C28H35N7. The Morgan fingerprint density at radius 3 is 2.46 bits per heavy atom. The molecule has 7 heteroatoms. The molecule has 0 saturated carbocycles. The first-order chi connectivity index (χ1) is 17.3. The Hall–Kier alpha value is -3.29. The third kappa shape index (κ3) is 6.05. The summed E-state index contributed by atoms with van der Waals surface area (Å²) >= 11 is 0. The second-order valence-corrected chi connectivity index (χ2v) is 9.38. The van der Waals surface area contributed by atoms with E-state index in [1.165, 1.54) is 42.8 Å². The molecule has 0 bridgehead atoms. The summed E-state index contributed by atoms with van der Waals surface area (Å²) in [5, 5.41) is 3.43. The van der Waals surface area contributed by atoms with Crippen molar-refractivity contribution >= 4 is 11.5 Å². The van der Waals surface area contributed by atoms with Crippen molar-refractivity contribution in [2.45, 2.75) is 38.8 Å². The topological polar surface area (TPSA) is 61.6 Å². The van der Waals surface area contributed by atoms with E-state index in [0.29, 0.717) is 0 Å². The van der Waals surface area contributed by atoms with Crippen LogP contribution in [0.2, 0.25) is 0 Å². The number of piperazine rings is 1. The zero-order valence-corrected chi connectivity index (χ0v) is 20.6. The summed E-state index contributed by atoms with van der Waals surface area (Å²) < 4.78 is 2.21. The Morgan fingerprint density at radius 2 is 1.63 bits per heavy atom. The molecule has 2 aliphatic rings. The maximum Gasteiger partial charge on any atom is 0.138 e. The standard InChI is InChI=1S/C19H24N6.C9H11N/c1-23-9-11-24(12-10-23)19-7-4-6-18-22-17(15-25(18)19)14-20-13-16-5-2-3-8-21-16;1-2-6-9-8(4-1)5-3-7-10-9/h2-8,15,20H,9-14H2,1H3;3,5,7H,1-2,4,6H2. The first kappa shape index (κ1) is 23.5. The number of aromatic nitrogens is 4. The molecule has 1 aliphatic carbocycles. The second-order valence-electron chi connectivity index (χ2n) is 9.38. The molecule has 0 atom stereocenters. The average molecular weight is 470 g/mol. The molecule has 7 nitrogen and oxygen atoms in total.